The van der Waals surface area contributed by atoms with Gasteiger partial charge in [-0.3, -0.25) is 14.9 Å². The van der Waals surface area contributed by atoms with Gasteiger partial charge in [-0.15, -0.1) is 11.3 Å². The Morgan fingerprint density at radius 2 is 1.79 bits per heavy atom. The SMILES string of the molecule is COc1ccc(N2C(=O)NC(=O)C(=Cc3ccc(C)s3)C2=O)cc1. The number of anilines is 1. The van der Waals surface area contributed by atoms with E-state index >= 15 is 0 Å². The molecule has 0 unspecified atom stereocenters. The average molecular weight is 342 g/mol. The van der Waals surface area contributed by atoms with Crippen molar-refractivity contribution in [3.05, 3.63) is 51.7 Å². The van der Waals surface area contributed by atoms with Crippen molar-refractivity contribution in [1.29, 1.82) is 0 Å². The maximum Gasteiger partial charge on any atom is 0.335 e. The minimum atomic E-state index is -0.769. The van der Waals surface area contributed by atoms with Crippen LogP contribution < -0.4 is 15.0 Å². The highest BCUT2D eigenvalue weighted by Gasteiger charge is 2.36. The van der Waals surface area contributed by atoms with Crippen LogP contribution in [0.25, 0.3) is 6.08 Å². The highest BCUT2D eigenvalue weighted by molar-refractivity contribution is 7.12. The minimum Gasteiger partial charge on any atom is -0.497 e. The Balaban J connectivity index is 1.97. The number of hydrogen-bond acceptors (Lipinski definition) is 5. The summed E-state index contributed by atoms with van der Waals surface area (Å²) in [6.07, 6.45) is 1.50. The number of benzene rings is 1. The zero-order chi connectivity index (χ0) is 17.3. The molecule has 0 radical (unpaired) electrons. The third-order valence-corrected chi connectivity index (χ3v) is 4.43. The fraction of sp³-hybridized carbons (Fsp3) is 0.118. The van der Waals surface area contributed by atoms with Crippen LogP contribution in [0, 0.1) is 6.92 Å². The predicted octanol–water partition coefficient (Wildman–Crippen LogP) is 2.73. The first-order valence-corrected chi connectivity index (χ1v) is 7.93. The monoisotopic (exact) mass is 342 g/mol. The van der Waals surface area contributed by atoms with E-state index in [9.17, 15) is 14.4 Å². The summed E-state index contributed by atoms with van der Waals surface area (Å²) in [5.74, 6) is -0.745. The second-order valence-corrected chi connectivity index (χ2v) is 6.42. The molecule has 1 aromatic heterocycles. The Labute approximate surface area is 142 Å². The summed E-state index contributed by atoms with van der Waals surface area (Å²) in [6.45, 7) is 1.93. The number of methoxy groups -OCH3 is 1. The molecule has 0 bridgehead atoms. The molecule has 2 aromatic rings. The van der Waals surface area contributed by atoms with Gasteiger partial charge in [-0.2, -0.15) is 0 Å². The number of hydrogen-bond donors (Lipinski definition) is 1. The standard InChI is InChI=1S/C17H14N2O4S/c1-10-3-8-13(24-10)9-14-15(20)18-17(22)19(16(14)21)11-4-6-12(23-2)7-5-11/h3-9H,1-2H3,(H,18,20,22). The highest BCUT2D eigenvalue weighted by atomic mass is 32.1. The molecule has 6 nitrogen and oxygen atoms in total. The molecule has 1 aliphatic rings. The van der Waals surface area contributed by atoms with Gasteiger partial charge in [-0.1, -0.05) is 0 Å². The maximum absolute atomic E-state index is 12.7. The molecule has 0 aliphatic carbocycles. The quantitative estimate of drug-likeness (QED) is 0.687. The molecule has 1 fully saturated rings. The Bertz CT molecular complexity index is 852. The summed E-state index contributed by atoms with van der Waals surface area (Å²) in [5, 5.41) is 2.20. The lowest BCUT2D eigenvalue weighted by Gasteiger charge is -2.26. The van der Waals surface area contributed by atoms with Gasteiger partial charge in [0.25, 0.3) is 11.8 Å². The molecule has 1 saturated heterocycles. The predicted molar refractivity (Wildman–Crippen MR) is 91.1 cm³/mol. The van der Waals surface area contributed by atoms with Crippen molar-refractivity contribution in [1.82, 2.24) is 5.32 Å². The van der Waals surface area contributed by atoms with Gasteiger partial charge in [0.15, 0.2) is 0 Å². The lowest BCUT2D eigenvalue weighted by molar-refractivity contribution is -0.122. The van der Waals surface area contributed by atoms with E-state index in [1.165, 1.54) is 24.5 Å². The number of rotatable bonds is 3. The van der Waals surface area contributed by atoms with E-state index in [0.717, 1.165) is 14.7 Å². The number of thiophene rings is 1. The van der Waals surface area contributed by atoms with Gasteiger partial charge in [0.1, 0.15) is 11.3 Å². The third-order valence-electron chi connectivity index (χ3n) is 3.48. The molecule has 1 aromatic carbocycles. The lowest BCUT2D eigenvalue weighted by atomic mass is 10.1. The molecule has 2 heterocycles. The molecule has 1 aliphatic heterocycles. The van der Waals surface area contributed by atoms with E-state index in [0.29, 0.717) is 11.4 Å². The van der Waals surface area contributed by atoms with Crippen molar-refractivity contribution >= 4 is 40.9 Å². The van der Waals surface area contributed by atoms with Crippen molar-refractivity contribution in [2.75, 3.05) is 12.0 Å². The van der Waals surface area contributed by atoms with Crippen LogP contribution in [-0.4, -0.2) is 25.0 Å². The van der Waals surface area contributed by atoms with Crippen molar-refractivity contribution in [3.8, 4) is 5.75 Å². The van der Waals surface area contributed by atoms with Crippen LogP contribution in [-0.2, 0) is 9.59 Å². The Morgan fingerprint density at radius 1 is 1.08 bits per heavy atom. The summed E-state index contributed by atoms with van der Waals surface area (Å²) in [6, 6.07) is 9.39. The van der Waals surface area contributed by atoms with Gasteiger partial charge in [0.2, 0.25) is 0 Å². The zero-order valence-electron chi connectivity index (χ0n) is 13.0. The summed E-state index contributed by atoms with van der Waals surface area (Å²) in [4.78, 5) is 39.6. The molecule has 24 heavy (non-hydrogen) atoms. The third kappa shape index (κ3) is 2.93. The number of urea groups is 1. The minimum absolute atomic E-state index is 0.0766. The van der Waals surface area contributed by atoms with Crippen LogP contribution in [0.15, 0.2) is 42.0 Å². The molecule has 0 spiro atoms. The van der Waals surface area contributed by atoms with E-state index in [-0.39, 0.29) is 5.57 Å². The zero-order valence-corrected chi connectivity index (χ0v) is 13.8. The van der Waals surface area contributed by atoms with Crippen molar-refractivity contribution in [2.45, 2.75) is 6.92 Å². The van der Waals surface area contributed by atoms with Crippen molar-refractivity contribution in [2.24, 2.45) is 0 Å². The molecule has 1 N–H and O–H groups in total. The van der Waals surface area contributed by atoms with Gasteiger partial charge in [-0.05, 0) is 49.4 Å². The van der Waals surface area contributed by atoms with E-state index in [1.54, 1.807) is 24.3 Å². The summed E-state index contributed by atoms with van der Waals surface area (Å²) < 4.78 is 5.06. The number of carbonyl (C=O) groups is 3. The van der Waals surface area contributed by atoms with E-state index in [1.807, 2.05) is 19.1 Å². The van der Waals surface area contributed by atoms with Gasteiger partial charge < -0.3 is 4.74 Å². The Hall–Kier alpha value is -2.93. The molecule has 0 saturated carbocycles. The number of carbonyl (C=O) groups excluding carboxylic acids is 3. The molecule has 4 amide bonds. The van der Waals surface area contributed by atoms with Gasteiger partial charge in [-0.25, -0.2) is 9.69 Å². The van der Waals surface area contributed by atoms with Crippen LogP contribution in [0.2, 0.25) is 0 Å². The molecule has 3 rings (SSSR count). The number of nitrogens with one attached hydrogen (secondary N) is 1. The largest absolute Gasteiger partial charge is 0.497 e. The number of barbiturate groups is 1. The maximum atomic E-state index is 12.7. The first kappa shape index (κ1) is 15.9. The molecular formula is C17H14N2O4S. The molecular weight excluding hydrogens is 328 g/mol. The fourth-order valence-electron chi connectivity index (χ4n) is 2.30. The Morgan fingerprint density at radius 3 is 2.38 bits per heavy atom. The second kappa shape index (κ2) is 6.29. The first-order valence-electron chi connectivity index (χ1n) is 7.11. The van der Waals surface area contributed by atoms with Crippen molar-refractivity contribution < 1.29 is 19.1 Å². The summed E-state index contributed by atoms with van der Waals surface area (Å²) in [7, 11) is 1.52. The van der Waals surface area contributed by atoms with E-state index in [4.69, 9.17) is 4.74 Å². The number of ether oxygens (including phenoxy) is 1. The van der Waals surface area contributed by atoms with Crippen LogP contribution in [0.5, 0.6) is 5.75 Å². The highest BCUT2D eigenvalue weighted by Crippen LogP contribution is 2.25. The topological polar surface area (TPSA) is 75.7 Å². The van der Waals surface area contributed by atoms with Gasteiger partial charge in [0.05, 0.1) is 12.8 Å². The van der Waals surface area contributed by atoms with Gasteiger partial charge in [0, 0.05) is 9.75 Å². The molecule has 7 heteroatoms. The molecule has 0 atom stereocenters. The van der Waals surface area contributed by atoms with E-state index < -0.39 is 17.8 Å². The van der Waals surface area contributed by atoms with Gasteiger partial charge >= 0.3 is 6.03 Å². The number of aryl methyl sites for hydroxylation is 1. The van der Waals surface area contributed by atoms with Crippen LogP contribution >= 0.6 is 11.3 Å². The Kier molecular flexibility index (Phi) is 4.18. The second-order valence-electron chi connectivity index (χ2n) is 5.10. The lowest BCUT2D eigenvalue weighted by Crippen LogP contribution is -2.54. The number of imide groups is 2. The summed E-state index contributed by atoms with van der Waals surface area (Å²) in [5.41, 5.74) is 0.284. The fourth-order valence-corrected chi connectivity index (χ4v) is 3.12. The number of nitrogens with zero attached hydrogens (tertiary/aromatic N) is 1. The normalized spacial score (nSPS) is 16.5. The van der Waals surface area contributed by atoms with E-state index in [2.05, 4.69) is 5.32 Å². The van der Waals surface area contributed by atoms with Crippen LogP contribution in [0.4, 0.5) is 10.5 Å². The first-order chi connectivity index (χ1) is 11.5. The van der Waals surface area contributed by atoms with Crippen molar-refractivity contribution in [3.63, 3.8) is 0 Å². The summed E-state index contributed by atoms with van der Waals surface area (Å²) >= 11 is 1.46. The van der Waals surface area contributed by atoms with Crippen LogP contribution in [0.1, 0.15) is 9.75 Å². The molecule has 122 valence electrons. The van der Waals surface area contributed by atoms with Crippen LogP contribution in [0.3, 0.4) is 0 Å². The smallest absolute Gasteiger partial charge is 0.335 e. The number of amides is 4. The average Bonchev–Trinajstić information content (AvgIpc) is 2.97.